The topological polar surface area (TPSA) is 88.5 Å². The fraction of sp³-hybridized carbons (Fsp3) is 0.318. The summed E-state index contributed by atoms with van der Waals surface area (Å²) in [6.45, 7) is 3.55. The van der Waals surface area contributed by atoms with Gasteiger partial charge in [0.15, 0.2) is 6.10 Å². The smallest absolute Gasteiger partial charge is 0.344 e. The number of aliphatic hydroxyl groups is 1. The largest absolute Gasteiger partial charge is 0.497 e. The van der Waals surface area contributed by atoms with Crippen LogP contribution in [-0.2, 0) is 24.5 Å². The van der Waals surface area contributed by atoms with E-state index in [2.05, 4.69) is 66.4 Å². The van der Waals surface area contributed by atoms with Gasteiger partial charge in [-0.1, -0.05) is 79.7 Å². The molecule has 0 bridgehead atoms. The number of hydrogen-bond acceptors (Lipinski definition) is 8. The van der Waals surface area contributed by atoms with Crippen molar-refractivity contribution in [3.63, 3.8) is 0 Å². The van der Waals surface area contributed by atoms with Gasteiger partial charge in [0.2, 0.25) is 5.60 Å². The predicted octanol–water partition coefficient (Wildman–Crippen LogP) is 5.13. The second-order valence-electron chi connectivity index (χ2n) is 14.6. The van der Waals surface area contributed by atoms with Crippen LogP contribution in [0.25, 0.3) is 0 Å². The molecule has 0 unspecified atom stereocenters. The van der Waals surface area contributed by atoms with E-state index in [4.69, 9.17) is 14.2 Å². The van der Waals surface area contributed by atoms with Crippen molar-refractivity contribution in [3.8, 4) is 5.75 Å². The molecule has 6 atom stereocenters. The lowest BCUT2D eigenvalue weighted by Gasteiger charge is -2.63. The Morgan fingerprint density at radius 3 is 2.04 bits per heavy atom. The number of anilines is 1. The zero-order valence-electron chi connectivity index (χ0n) is 30.6. The molecule has 3 heterocycles. The third-order valence-electron chi connectivity index (χ3n) is 12.5. The molecule has 1 saturated heterocycles. The number of ether oxygens (including phenoxy) is 3. The molecule has 1 saturated carbocycles. The first kappa shape index (κ1) is 35.3. The summed E-state index contributed by atoms with van der Waals surface area (Å²) in [5.74, 6) is 1.23. The maximum absolute atomic E-state index is 14.6. The van der Waals surface area contributed by atoms with Crippen molar-refractivity contribution in [1.82, 2.24) is 4.90 Å². The number of benzene rings is 4. The fourth-order valence-corrected chi connectivity index (χ4v) is 14.2. The maximum atomic E-state index is 14.6. The molecule has 1 aliphatic carbocycles. The van der Waals surface area contributed by atoms with E-state index >= 15 is 0 Å². The molecule has 0 aromatic heterocycles. The second kappa shape index (κ2) is 13.3. The standard InChI is InChI=1S/C44H46N2O6P/c1-5-42-25-15-27-46-28-26-43(38(42)46)35-23-22-31(50-3)30-36(35)45(2)39(43)44(49,41(48)51-4)40(42)52-37(47)24-29-53(32-16-9-6-10-17-32,33-18-11-7-12-19-33)34-20-13-8-14-21-34/h6-25,29-30,38-40,49H,5,26-28H2,1-4H3/q+1/b29-24+/t38-,39+,40+,42+,43+,44-/m0/s1. The number of nitrogens with zero attached hydrogens (tertiary/aromatic N) is 2. The molecule has 2 fully saturated rings. The van der Waals surface area contributed by atoms with E-state index in [1.54, 1.807) is 7.11 Å². The highest BCUT2D eigenvalue weighted by atomic mass is 31.2. The summed E-state index contributed by atoms with van der Waals surface area (Å²) in [6.07, 6.45) is 5.68. The number of hydrogen-bond donors (Lipinski definition) is 1. The lowest BCUT2D eigenvalue weighted by atomic mass is 9.47. The number of methoxy groups -OCH3 is 2. The van der Waals surface area contributed by atoms with Gasteiger partial charge >= 0.3 is 11.9 Å². The second-order valence-corrected chi connectivity index (χ2v) is 17.9. The summed E-state index contributed by atoms with van der Waals surface area (Å²) in [6, 6.07) is 35.8. The van der Waals surface area contributed by atoms with Gasteiger partial charge in [0.1, 0.15) is 28.9 Å². The lowest BCUT2D eigenvalue weighted by molar-refractivity contribution is -0.227. The molecule has 9 heteroatoms. The fourth-order valence-electron chi connectivity index (χ4n) is 10.5. The molecular weight excluding hydrogens is 683 g/mol. The summed E-state index contributed by atoms with van der Waals surface area (Å²) in [4.78, 5) is 33.4. The van der Waals surface area contributed by atoms with Crippen molar-refractivity contribution in [2.45, 2.75) is 49.0 Å². The number of fused-ring (bicyclic) bond motifs is 1. The Labute approximate surface area is 312 Å². The van der Waals surface area contributed by atoms with Crippen molar-refractivity contribution >= 4 is 40.8 Å². The van der Waals surface area contributed by atoms with E-state index in [0.717, 1.165) is 40.3 Å². The van der Waals surface area contributed by atoms with Crippen molar-refractivity contribution in [2.75, 3.05) is 39.3 Å². The number of rotatable bonds is 9. The first-order valence-electron chi connectivity index (χ1n) is 18.3. The van der Waals surface area contributed by atoms with Gasteiger partial charge in [0.05, 0.1) is 32.2 Å². The van der Waals surface area contributed by atoms with Crippen LogP contribution in [0.3, 0.4) is 0 Å². The number of likely N-dealkylation sites (N-methyl/N-ethyl adjacent to an activating group) is 1. The van der Waals surface area contributed by atoms with Crippen LogP contribution in [0.15, 0.2) is 133 Å². The van der Waals surface area contributed by atoms with Gasteiger partial charge in [-0.25, -0.2) is 9.59 Å². The molecule has 8 rings (SSSR count). The molecule has 0 amide bonds. The van der Waals surface area contributed by atoms with E-state index in [1.165, 1.54) is 13.2 Å². The Bertz CT molecular complexity index is 1980. The van der Waals surface area contributed by atoms with Gasteiger partial charge in [-0.3, -0.25) is 4.90 Å². The minimum atomic E-state index is -2.53. The van der Waals surface area contributed by atoms with Gasteiger partial charge in [-0.2, -0.15) is 0 Å². The number of carbonyl (C=O) groups is 2. The highest BCUT2D eigenvalue weighted by Crippen LogP contribution is 2.67. The van der Waals surface area contributed by atoms with Gasteiger partial charge in [0.25, 0.3) is 0 Å². The van der Waals surface area contributed by atoms with Gasteiger partial charge in [-0.05, 0) is 67.4 Å². The first-order chi connectivity index (χ1) is 25.7. The van der Waals surface area contributed by atoms with E-state index < -0.39 is 47.8 Å². The van der Waals surface area contributed by atoms with Gasteiger partial charge in [0, 0.05) is 42.2 Å². The molecule has 4 aliphatic rings. The first-order valence-corrected chi connectivity index (χ1v) is 20.2. The zero-order chi connectivity index (χ0) is 37.0. The zero-order valence-corrected chi connectivity index (χ0v) is 31.5. The summed E-state index contributed by atoms with van der Waals surface area (Å²) in [7, 11) is 2.29. The normalized spacial score (nSPS) is 28.6. The Morgan fingerprint density at radius 1 is 0.887 bits per heavy atom. The Balaban J connectivity index is 1.29. The van der Waals surface area contributed by atoms with Crippen LogP contribution in [0.2, 0.25) is 0 Å². The molecule has 53 heavy (non-hydrogen) atoms. The Hall–Kier alpha value is -4.75. The van der Waals surface area contributed by atoms with E-state index in [0.29, 0.717) is 18.6 Å². The average molecular weight is 730 g/mol. The van der Waals surface area contributed by atoms with Gasteiger partial charge in [-0.15, -0.1) is 0 Å². The van der Waals surface area contributed by atoms with Crippen LogP contribution >= 0.6 is 7.26 Å². The summed E-state index contributed by atoms with van der Waals surface area (Å²) in [5, 5.41) is 16.5. The summed E-state index contributed by atoms with van der Waals surface area (Å²) >= 11 is 0. The Kier molecular flexibility index (Phi) is 8.84. The lowest BCUT2D eigenvalue weighted by Crippen LogP contribution is -2.81. The maximum Gasteiger partial charge on any atom is 0.344 e. The van der Waals surface area contributed by atoms with Crippen molar-refractivity contribution in [3.05, 3.63) is 139 Å². The SMILES string of the molecule is CC[C@]12C=CCN3CC[C@@]4(c5ccc(OC)cc5N(C)[C@H]4[C@@](O)(C(=O)OC)[C@@H]1OC(=O)/C=C/[P+](c1ccccc1)(c1ccccc1)c1ccccc1)[C@@H]32. The highest BCUT2D eigenvalue weighted by molar-refractivity contribution is 7.98. The number of carbonyl (C=O) groups excluding carboxylic acids is 2. The molecule has 1 N–H and O–H groups in total. The molecule has 4 aromatic rings. The van der Waals surface area contributed by atoms with Crippen molar-refractivity contribution in [1.29, 1.82) is 0 Å². The van der Waals surface area contributed by atoms with Gasteiger partial charge < -0.3 is 24.2 Å². The molecule has 0 radical (unpaired) electrons. The van der Waals surface area contributed by atoms with Crippen molar-refractivity contribution in [2.24, 2.45) is 5.41 Å². The van der Waals surface area contributed by atoms with Crippen molar-refractivity contribution < 1.29 is 28.9 Å². The van der Waals surface area contributed by atoms with Crippen LogP contribution in [0.1, 0.15) is 25.3 Å². The highest BCUT2D eigenvalue weighted by Gasteiger charge is 2.80. The minimum Gasteiger partial charge on any atom is -0.497 e. The molecule has 4 aromatic carbocycles. The molecule has 3 aliphatic heterocycles. The Morgan fingerprint density at radius 2 is 1.49 bits per heavy atom. The summed E-state index contributed by atoms with van der Waals surface area (Å²) < 4.78 is 17.7. The van der Waals surface area contributed by atoms with Crippen LogP contribution in [0, 0.1) is 5.41 Å². The third-order valence-corrected chi connectivity index (χ3v) is 16.4. The van der Waals surface area contributed by atoms with E-state index in [-0.39, 0.29) is 6.04 Å². The van der Waals surface area contributed by atoms with E-state index in [1.807, 2.05) is 84.5 Å². The minimum absolute atomic E-state index is 0.164. The summed E-state index contributed by atoms with van der Waals surface area (Å²) in [5.41, 5.74) is -1.86. The van der Waals surface area contributed by atoms with Crippen LogP contribution in [-0.4, -0.2) is 80.1 Å². The average Bonchev–Trinajstić information content (AvgIpc) is 3.72. The van der Waals surface area contributed by atoms with E-state index in [9.17, 15) is 14.7 Å². The third kappa shape index (κ3) is 4.92. The quantitative estimate of drug-likeness (QED) is 0.110. The predicted molar refractivity (Wildman–Crippen MR) is 210 cm³/mol. The van der Waals surface area contributed by atoms with Crippen LogP contribution in [0.5, 0.6) is 5.75 Å². The number of esters is 2. The van der Waals surface area contributed by atoms with Crippen LogP contribution in [0.4, 0.5) is 5.69 Å². The molecular formula is C44H46N2O6P+. The molecule has 1 spiro atoms. The molecule has 8 nitrogen and oxygen atoms in total. The monoisotopic (exact) mass is 729 g/mol. The van der Waals surface area contributed by atoms with Crippen LogP contribution < -0.4 is 25.6 Å². The molecule has 272 valence electrons.